The van der Waals surface area contributed by atoms with Crippen LogP contribution in [0.4, 0.5) is 18.9 Å². The summed E-state index contributed by atoms with van der Waals surface area (Å²) in [5.41, 5.74) is 6.46. The summed E-state index contributed by atoms with van der Waals surface area (Å²) >= 11 is 11.7. The second-order valence-corrected chi connectivity index (χ2v) is 7.29. The molecule has 0 aliphatic rings. The summed E-state index contributed by atoms with van der Waals surface area (Å²) in [6.07, 6.45) is -0.144. The molecule has 0 aromatic heterocycles. The topological polar surface area (TPSA) is 67.5 Å². The molecule has 30 heavy (non-hydrogen) atoms. The maximum absolute atomic E-state index is 13.6. The van der Waals surface area contributed by atoms with Crippen LogP contribution in [-0.2, 0) is 0 Å². The number of halogens is 5. The van der Waals surface area contributed by atoms with Crippen LogP contribution in [0.15, 0.2) is 47.5 Å². The van der Waals surface area contributed by atoms with Gasteiger partial charge in [0.25, 0.3) is 0 Å². The third kappa shape index (κ3) is 6.50. The van der Waals surface area contributed by atoms with E-state index < -0.39 is 12.1 Å². The molecule has 0 spiro atoms. The summed E-state index contributed by atoms with van der Waals surface area (Å²) in [6.45, 7) is 1.89. The highest BCUT2D eigenvalue weighted by Crippen LogP contribution is 2.38. The molecule has 160 valence electrons. The summed E-state index contributed by atoms with van der Waals surface area (Å²) < 4.78 is 40.8. The van der Waals surface area contributed by atoms with Gasteiger partial charge in [0.15, 0.2) is 6.29 Å². The molecular formula is C21H20Cl2F3N3O. The Bertz CT molecular complexity index is 925. The lowest BCUT2D eigenvalue weighted by molar-refractivity contribution is -0.139. The number of benzene rings is 2. The number of aldehydes is 1. The number of anilines is 1. The molecule has 0 saturated carbocycles. The molecule has 9 heteroatoms. The summed E-state index contributed by atoms with van der Waals surface area (Å²) in [5.74, 6) is -1.91. The van der Waals surface area contributed by atoms with Gasteiger partial charge < -0.3 is 11.1 Å². The van der Waals surface area contributed by atoms with Crippen molar-refractivity contribution in [2.75, 3.05) is 5.32 Å². The average molecular weight is 458 g/mol. The van der Waals surface area contributed by atoms with E-state index in [9.17, 15) is 18.0 Å². The van der Waals surface area contributed by atoms with Gasteiger partial charge >= 0.3 is 6.18 Å². The molecule has 2 atom stereocenters. The normalized spacial score (nSPS) is 14.2. The summed E-state index contributed by atoms with van der Waals surface area (Å²) in [5, 5.41) is 3.29. The quantitative estimate of drug-likeness (QED) is 0.277. The van der Waals surface area contributed by atoms with E-state index >= 15 is 0 Å². The van der Waals surface area contributed by atoms with E-state index in [1.54, 1.807) is 12.1 Å². The summed E-state index contributed by atoms with van der Waals surface area (Å²) in [4.78, 5) is 15.5. The van der Waals surface area contributed by atoms with E-state index in [-0.39, 0.29) is 27.3 Å². The molecule has 0 radical (unpaired) electrons. The number of nitrogens with two attached hydrogens (primary N) is 1. The Morgan fingerprint density at radius 1 is 1.17 bits per heavy atom. The minimum Gasteiger partial charge on any atom is -0.390 e. The lowest BCUT2D eigenvalue weighted by atomic mass is 9.96. The van der Waals surface area contributed by atoms with E-state index in [2.05, 4.69) is 10.3 Å². The van der Waals surface area contributed by atoms with Crippen molar-refractivity contribution in [2.45, 2.75) is 31.6 Å². The van der Waals surface area contributed by atoms with Crippen LogP contribution < -0.4 is 11.1 Å². The first kappa shape index (κ1) is 23.8. The number of nitrogens with one attached hydrogen (secondary N) is 1. The first-order valence-electron chi connectivity index (χ1n) is 8.98. The van der Waals surface area contributed by atoms with Crippen molar-refractivity contribution in [2.24, 2.45) is 10.7 Å². The van der Waals surface area contributed by atoms with Crippen LogP contribution in [0.25, 0.3) is 6.08 Å². The third-order valence-corrected chi connectivity index (χ3v) is 4.69. The highest BCUT2D eigenvalue weighted by molar-refractivity contribution is 6.34. The van der Waals surface area contributed by atoms with Crippen molar-refractivity contribution in [1.29, 1.82) is 0 Å². The van der Waals surface area contributed by atoms with Crippen LogP contribution in [0, 0.1) is 0 Å². The number of nitrogens with zero attached hydrogens (tertiary/aromatic N) is 1. The predicted molar refractivity (Wildman–Crippen MR) is 117 cm³/mol. The molecule has 3 N–H and O–H groups in total. The fourth-order valence-corrected chi connectivity index (χ4v) is 3.36. The molecule has 2 unspecified atom stereocenters. The van der Waals surface area contributed by atoms with E-state index in [1.807, 2.05) is 6.92 Å². The van der Waals surface area contributed by atoms with Crippen LogP contribution in [-0.4, -0.2) is 25.0 Å². The van der Waals surface area contributed by atoms with Crippen molar-refractivity contribution in [1.82, 2.24) is 0 Å². The number of alkyl halides is 3. The van der Waals surface area contributed by atoms with Gasteiger partial charge in [-0.15, -0.1) is 0 Å². The van der Waals surface area contributed by atoms with Crippen molar-refractivity contribution in [3.05, 3.63) is 69.2 Å². The van der Waals surface area contributed by atoms with Crippen LogP contribution >= 0.6 is 23.2 Å². The Kier molecular flexibility index (Phi) is 8.32. The van der Waals surface area contributed by atoms with Gasteiger partial charge in [-0.1, -0.05) is 48.3 Å². The van der Waals surface area contributed by atoms with Gasteiger partial charge in [-0.2, -0.15) is 13.2 Å². The predicted octanol–water partition coefficient (Wildman–Crippen LogP) is 6.30. The molecule has 0 aliphatic heterocycles. The maximum atomic E-state index is 13.6. The van der Waals surface area contributed by atoms with Crippen molar-refractivity contribution in [3.63, 3.8) is 0 Å². The van der Waals surface area contributed by atoms with Crippen molar-refractivity contribution in [3.8, 4) is 0 Å². The third-order valence-electron chi connectivity index (χ3n) is 4.26. The minimum atomic E-state index is -4.55. The van der Waals surface area contributed by atoms with Gasteiger partial charge in [-0.25, -0.2) is 0 Å². The largest absolute Gasteiger partial charge is 0.399 e. The molecule has 2 aromatic rings. The second kappa shape index (κ2) is 10.5. The number of allylic oxidation sites excluding steroid dienone is 1. The van der Waals surface area contributed by atoms with Crippen LogP contribution in [0.5, 0.6) is 0 Å². The molecule has 2 rings (SSSR count). The lowest BCUT2D eigenvalue weighted by Crippen LogP contribution is -2.19. The van der Waals surface area contributed by atoms with E-state index in [4.69, 9.17) is 28.9 Å². The van der Waals surface area contributed by atoms with Gasteiger partial charge in [0.05, 0.1) is 12.3 Å². The van der Waals surface area contributed by atoms with Gasteiger partial charge in [0.1, 0.15) is 6.17 Å². The van der Waals surface area contributed by atoms with Crippen LogP contribution in [0.3, 0.4) is 0 Å². The van der Waals surface area contributed by atoms with Gasteiger partial charge in [-0.3, -0.25) is 9.79 Å². The summed E-state index contributed by atoms with van der Waals surface area (Å²) in [6, 6.07) is 8.51. The Morgan fingerprint density at radius 3 is 2.37 bits per heavy atom. The van der Waals surface area contributed by atoms with Crippen LogP contribution in [0.1, 0.15) is 40.7 Å². The summed E-state index contributed by atoms with van der Waals surface area (Å²) in [7, 11) is 0. The fourth-order valence-electron chi connectivity index (χ4n) is 2.81. The molecule has 0 aliphatic carbocycles. The van der Waals surface area contributed by atoms with Gasteiger partial charge in [-0.05, 0) is 47.9 Å². The van der Waals surface area contributed by atoms with Gasteiger partial charge in [0.2, 0.25) is 0 Å². The number of hydrogen-bond donors (Lipinski definition) is 2. The monoisotopic (exact) mass is 457 g/mol. The molecule has 0 bridgehead atoms. The van der Waals surface area contributed by atoms with E-state index in [0.717, 1.165) is 12.4 Å². The molecule has 4 nitrogen and oxygen atoms in total. The standard InChI is InChI=1S/C21H20Cl2F3N3O/c1-2-20(28-12-27)29-19-6-4-13(7-15(19)11-30)3-5-18(21(24,25)26)14-8-16(22)10-17(23)9-14/h3-12,18,20,29H,2H2,1H3,(H2,27,28). The minimum absolute atomic E-state index is 0.0735. The van der Waals surface area contributed by atoms with Crippen molar-refractivity contribution >= 4 is 47.6 Å². The fraction of sp³-hybridized carbons (Fsp3) is 0.238. The Labute approximate surface area is 182 Å². The molecular weight excluding hydrogens is 438 g/mol. The SMILES string of the molecule is CCC(N=CN)Nc1ccc(C=CC(c2cc(Cl)cc(Cl)c2)C(F)(F)F)cc1C=O. The number of rotatable bonds is 8. The number of aliphatic imine (C=N–C) groups is 1. The van der Waals surface area contributed by atoms with E-state index in [1.165, 1.54) is 30.3 Å². The van der Waals surface area contributed by atoms with Gasteiger partial charge in [0, 0.05) is 21.3 Å². The molecule has 0 amide bonds. The average Bonchev–Trinajstić information content (AvgIpc) is 2.66. The number of carbonyl (C=O) groups is 1. The van der Waals surface area contributed by atoms with E-state index in [0.29, 0.717) is 24.0 Å². The lowest BCUT2D eigenvalue weighted by Gasteiger charge is -2.18. The zero-order chi connectivity index (χ0) is 22.3. The zero-order valence-electron chi connectivity index (χ0n) is 16.0. The van der Waals surface area contributed by atoms with Crippen LogP contribution in [0.2, 0.25) is 10.0 Å². The molecule has 0 heterocycles. The smallest absolute Gasteiger partial charge is 0.390 e. The molecule has 0 saturated heterocycles. The first-order valence-corrected chi connectivity index (χ1v) is 9.73. The Morgan fingerprint density at radius 2 is 1.83 bits per heavy atom. The maximum Gasteiger partial charge on any atom is 0.399 e. The second-order valence-electron chi connectivity index (χ2n) is 6.41. The first-order chi connectivity index (χ1) is 14.2. The highest BCUT2D eigenvalue weighted by Gasteiger charge is 2.39. The number of hydrogen-bond acceptors (Lipinski definition) is 3. The molecule has 0 fully saturated rings. The Hall–Kier alpha value is -2.51. The highest BCUT2D eigenvalue weighted by atomic mass is 35.5. The molecule has 2 aromatic carbocycles. The Balaban J connectivity index is 2.35. The zero-order valence-corrected chi connectivity index (χ0v) is 17.5. The number of carbonyl (C=O) groups excluding carboxylic acids is 1. The van der Waals surface area contributed by atoms with Crippen molar-refractivity contribution < 1.29 is 18.0 Å².